The van der Waals surface area contributed by atoms with Crippen molar-refractivity contribution in [3.63, 3.8) is 0 Å². The minimum Gasteiger partial charge on any atom is -0.342 e. The summed E-state index contributed by atoms with van der Waals surface area (Å²) in [4.78, 5) is 2.30. The van der Waals surface area contributed by atoms with Crippen molar-refractivity contribution in [2.24, 2.45) is 0 Å². The smallest absolute Gasteiger partial charge is 0.155 e. The molecule has 0 bridgehead atoms. The van der Waals surface area contributed by atoms with Gasteiger partial charge < -0.3 is 9.64 Å². The standard InChI is InChI=1S/C23H18ClNO/c1-15-14-22-25(20-8-4-2-6-18(15)20)21-9-5-3-7-19(21)23(26-22)16-10-12-17(24)13-11-16/h2-14,22-23H,1H3/t22-,23+/m0/s1. The van der Waals surface area contributed by atoms with E-state index in [4.69, 9.17) is 16.3 Å². The van der Waals surface area contributed by atoms with Gasteiger partial charge in [0.05, 0.1) is 11.4 Å². The Kier molecular flexibility index (Phi) is 3.63. The Morgan fingerprint density at radius 1 is 0.846 bits per heavy atom. The van der Waals surface area contributed by atoms with Gasteiger partial charge in [0.1, 0.15) is 6.10 Å². The Morgan fingerprint density at radius 2 is 1.54 bits per heavy atom. The first-order valence-corrected chi connectivity index (χ1v) is 9.17. The molecular weight excluding hydrogens is 342 g/mol. The van der Waals surface area contributed by atoms with Crippen LogP contribution in [0.15, 0.2) is 78.9 Å². The second-order valence-electron chi connectivity index (χ2n) is 6.75. The van der Waals surface area contributed by atoms with E-state index in [0.717, 1.165) is 10.6 Å². The molecule has 0 saturated heterocycles. The zero-order chi connectivity index (χ0) is 17.7. The van der Waals surface area contributed by atoms with E-state index in [1.807, 2.05) is 24.3 Å². The van der Waals surface area contributed by atoms with Gasteiger partial charge in [-0.1, -0.05) is 60.1 Å². The van der Waals surface area contributed by atoms with E-state index in [1.54, 1.807) is 0 Å². The number of benzene rings is 3. The third kappa shape index (κ3) is 2.38. The lowest BCUT2D eigenvalue weighted by Crippen LogP contribution is -2.40. The van der Waals surface area contributed by atoms with Crippen LogP contribution in [0.1, 0.15) is 29.7 Å². The van der Waals surface area contributed by atoms with Crippen LogP contribution < -0.4 is 4.90 Å². The average molecular weight is 360 g/mol. The summed E-state index contributed by atoms with van der Waals surface area (Å²) in [5.74, 6) is 0. The van der Waals surface area contributed by atoms with E-state index in [1.165, 1.54) is 28.1 Å². The predicted octanol–water partition coefficient (Wildman–Crippen LogP) is 6.34. The topological polar surface area (TPSA) is 12.5 Å². The highest BCUT2D eigenvalue weighted by Crippen LogP contribution is 2.48. The largest absolute Gasteiger partial charge is 0.342 e. The van der Waals surface area contributed by atoms with Crippen molar-refractivity contribution < 1.29 is 4.74 Å². The highest BCUT2D eigenvalue weighted by atomic mass is 35.5. The second-order valence-corrected chi connectivity index (χ2v) is 7.19. The molecule has 128 valence electrons. The number of hydrogen-bond donors (Lipinski definition) is 0. The molecule has 2 heterocycles. The zero-order valence-corrected chi connectivity index (χ0v) is 15.1. The molecule has 0 spiro atoms. The molecule has 0 amide bonds. The van der Waals surface area contributed by atoms with Crippen LogP contribution >= 0.6 is 11.6 Å². The average Bonchev–Trinajstić information content (AvgIpc) is 2.68. The summed E-state index contributed by atoms with van der Waals surface area (Å²) in [5.41, 5.74) is 7.18. The van der Waals surface area contributed by atoms with Gasteiger partial charge in [0.25, 0.3) is 0 Å². The van der Waals surface area contributed by atoms with Gasteiger partial charge in [-0.3, -0.25) is 0 Å². The maximum Gasteiger partial charge on any atom is 0.155 e. The quantitative estimate of drug-likeness (QED) is 0.502. The molecule has 0 saturated carbocycles. The Balaban J connectivity index is 1.69. The fourth-order valence-electron chi connectivity index (χ4n) is 3.94. The first kappa shape index (κ1) is 15.7. The summed E-state index contributed by atoms with van der Waals surface area (Å²) in [6.07, 6.45) is 1.97. The molecule has 0 N–H and O–H groups in total. The van der Waals surface area contributed by atoms with Crippen molar-refractivity contribution in [3.05, 3.63) is 101 Å². The van der Waals surface area contributed by atoms with Crippen LogP contribution in [-0.2, 0) is 4.74 Å². The number of nitrogens with zero attached hydrogens (tertiary/aromatic N) is 1. The fraction of sp³-hybridized carbons (Fsp3) is 0.130. The monoisotopic (exact) mass is 359 g/mol. The SMILES string of the molecule is CC1=C[C@@H]2O[C@H](c3ccc(Cl)cc3)c3ccccc3N2c2ccccc21. The molecule has 2 aliphatic rings. The molecule has 2 atom stereocenters. The first-order chi connectivity index (χ1) is 12.7. The fourth-order valence-corrected chi connectivity index (χ4v) is 4.06. The van der Waals surface area contributed by atoms with Crippen LogP contribution in [0.4, 0.5) is 11.4 Å². The number of ether oxygens (including phenoxy) is 1. The Bertz CT molecular complexity index is 1010. The lowest BCUT2D eigenvalue weighted by Gasteiger charge is -2.44. The summed E-state index contributed by atoms with van der Waals surface area (Å²) >= 11 is 6.08. The number of rotatable bonds is 1. The van der Waals surface area contributed by atoms with E-state index in [2.05, 4.69) is 66.4 Å². The van der Waals surface area contributed by atoms with Crippen molar-refractivity contribution in [3.8, 4) is 0 Å². The van der Waals surface area contributed by atoms with E-state index >= 15 is 0 Å². The van der Waals surface area contributed by atoms with E-state index in [9.17, 15) is 0 Å². The zero-order valence-electron chi connectivity index (χ0n) is 14.4. The Morgan fingerprint density at radius 3 is 2.35 bits per heavy atom. The minimum absolute atomic E-state index is 0.112. The van der Waals surface area contributed by atoms with E-state index in [-0.39, 0.29) is 12.3 Å². The Hall–Kier alpha value is -2.55. The third-order valence-corrected chi connectivity index (χ3v) is 5.41. The molecule has 0 unspecified atom stereocenters. The van der Waals surface area contributed by atoms with Crippen LogP contribution in [0.3, 0.4) is 0 Å². The summed E-state index contributed by atoms with van der Waals surface area (Å²) in [6, 6.07) is 24.9. The van der Waals surface area contributed by atoms with E-state index in [0.29, 0.717) is 0 Å². The minimum atomic E-state index is -0.125. The highest BCUT2D eigenvalue weighted by molar-refractivity contribution is 6.30. The maximum atomic E-state index is 6.58. The van der Waals surface area contributed by atoms with Crippen LogP contribution in [0.25, 0.3) is 5.57 Å². The third-order valence-electron chi connectivity index (χ3n) is 5.16. The number of anilines is 2. The van der Waals surface area contributed by atoms with Crippen molar-refractivity contribution in [1.29, 1.82) is 0 Å². The van der Waals surface area contributed by atoms with Crippen molar-refractivity contribution in [2.45, 2.75) is 19.3 Å². The molecule has 0 aromatic heterocycles. The van der Waals surface area contributed by atoms with Gasteiger partial charge >= 0.3 is 0 Å². The predicted molar refractivity (Wildman–Crippen MR) is 107 cm³/mol. The molecule has 3 heteroatoms. The molecule has 3 aromatic rings. The molecule has 2 aliphatic heterocycles. The van der Waals surface area contributed by atoms with Crippen molar-refractivity contribution >= 4 is 28.5 Å². The molecular formula is C23H18ClNO. The summed E-state index contributed by atoms with van der Waals surface area (Å²) in [6.45, 7) is 2.15. The first-order valence-electron chi connectivity index (χ1n) is 8.79. The van der Waals surface area contributed by atoms with Gasteiger partial charge in [-0.2, -0.15) is 0 Å². The van der Waals surface area contributed by atoms with Gasteiger partial charge in [-0.25, -0.2) is 0 Å². The number of allylic oxidation sites excluding steroid dienone is 1. The van der Waals surface area contributed by atoms with Crippen molar-refractivity contribution in [1.82, 2.24) is 0 Å². The highest BCUT2D eigenvalue weighted by Gasteiger charge is 2.36. The number of halogens is 1. The molecule has 5 rings (SSSR count). The molecule has 26 heavy (non-hydrogen) atoms. The Labute approximate surface area is 158 Å². The molecule has 3 aromatic carbocycles. The number of hydrogen-bond acceptors (Lipinski definition) is 2. The van der Waals surface area contributed by atoms with Gasteiger partial charge in [0.15, 0.2) is 6.23 Å². The lowest BCUT2D eigenvalue weighted by molar-refractivity contribution is 0.0299. The van der Waals surface area contributed by atoms with E-state index < -0.39 is 0 Å². The lowest BCUT2D eigenvalue weighted by atomic mass is 9.93. The molecule has 0 fully saturated rings. The van der Waals surface area contributed by atoms with Crippen molar-refractivity contribution in [2.75, 3.05) is 4.90 Å². The maximum absolute atomic E-state index is 6.58. The normalized spacial score (nSPS) is 20.7. The van der Waals surface area contributed by atoms with Crippen LogP contribution in [-0.4, -0.2) is 6.23 Å². The molecule has 2 nitrogen and oxygen atoms in total. The molecule has 0 radical (unpaired) electrons. The number of fused-ring (bicyclic) bond motifs is 5. The van der Waals surface area contributed by atoms with Gasteiger partial charge in [-0.15, -0.1) is 0 Å². The van der Waals surface area contributed by atoms with Crippen LogP contribution in [0, 0.1) is 0 Å². The van der Waals surface area contributed by atoms with Gasteiger partial charge in [-0.05, 0) is 48.4 Å². The van der Waals surface area contributed by atoms with Gasteiger partial charge in [0, 0.05) is 16.1 Å². The summed E-state index contributed by atoms with van der Waals surface area (Å²) in [7, 11) is 0. The van der Waals surface area contributed by atoms with Gasteiger partial charge in [0.2, 0.25) is 0 Å². The number of para-hydroxylation sites is 2. The van der Waals surface area contributed by atoms with Crippen LogP contribution in [0.5, 0.6) is 0 Å². The molecule has 0 aliphatic carbocycles. The van der Waals surface area contributed by atoms with Crippen LogP contribution in [0.2, 0.25) is 5.02 Å². The second kappa shape index (κ2) is 6.01. The summed E-state index contributed by atoms with van der Waals surface area (Å²) in [5, 5.41) is 0.738. The summed E-state index contributed by atoms with van der Waals surface area (Å²) < 4.78 is 6.58.